The topological polar surface area (TPSA) is 66.9 Å². The van der Waals surface area contributed by atoms with Crippen molar-refractivity contribution in [1.82, 2.24) is 9.88 Å². The number of anilines is 2. The largest absolute Gasteiger partial charge is 0.495 e. The van der Waals surface area contributed by atoms with Crippen molar-refractivity contribution >= 4 is 17.4 Å². The van der Waals surface area contributed by atoms with Gasteiger partial charge >= 0.3 is 6.03 Å². The van der Waals surface area contributed by atoms with Crippen LogP contribution in [0.1, 0.15) is 31.0 Å². The molecule has 2 heterocycles. The first-order chi connectivity index (χ1) is 13.9. The number of hydrogen-bond acceptors (Lipinski definition) is 5. The number of ether oxygens (including phenoxy) is 2. The van der Waals surface area contributed by atoms with Crippen molar-refractivity contribution < 1.29 is 14.3 Å². The summed E-state index contributed by atoms with van der Waals surface area (Å²) in [5, 5.41) is 2.99. The Morgan fingerprint density at radius 1 is 1.10 bits per heavy atom. The molecular formula is C22H30N4O3. The average molecular weight is 399 g/mol. The Morgan fingerprint density at radius 2 is 1.79 bits per heavy atom. The summed E-state index contributed by atoms with van der Waals surface area (Å²) in [6, 6.07) is 9.79. The molecule has 1 saturated heterocycles. The first-order valence-electron chi connectivity index (χ1n) is 9.94. The summed E-state index contributed by atoms with van der Waals surface area (Å²) in [4.78, 5) is 21.4. The second kappa shape index (κ2) is 9.03. The lowest BCUT2D eigenvalue weighted by Crippen LogP contribution is -2.50. The highest BCUT2D eigenvalue weighted by molar-refractivity contribution is 5.91. The van der Waals surface area contributed by atoms with Crippen molar-refractivity contribution in [2.24, 2.45) is 0 Å². The van der Waals surface area contributed by atoms with Crippen LogP contribution in [0.4, 0.5) is 16.2 Å². The van der Waals surface area contributed by atoms with Gasteiger partial charge in [0.2, 0.25) is 5.88 Å². The fourth-order valence-corrected chi connectivity index (χ4v) is 3.66. The molecule has 7 heteroatoms. The maximum Gasteiger partial charge on any atom is 0.322 e. The van der Waals surface area contributed by atoms with Crippen LogP contribution in [-0.2, 0) is 0 Å². The molecule has 0 aliphatic carbocycles. The Kier molecular flexibility index (Phi) is 6.46. The van der Waals surface area contributed by atoms with Gasteiger partial charge in [-0.25, -0.2) is 9.78 Å². The van der Waals surface area contributed by atoms with Crippen molar-refractivity contribution in [2.75, 3.05) is 50.6 Å². The number of piperazine rings is 1. The summed E-state index contributed by atoms with van der Waals surface area (Å²) in [5.74, 6) is 1.60. The van der Waals surface area contributed by atoms with E-state index in [2.05, 4.69) is 29.0 Å². The van der Waals surface area contributed by atoms with E-state index in [0.29, 0.717) is 30.6 Å². The number of aryl methyl sites for hydroxylation is 1. The molecule has 1 aromatic carbocycles. The minimum Gasteiger partial charge on any atom is -0.495 e. The highest BCUT2D eigenvalue weighted by atomic mass is 16.5. The number of nitrogens with one attached hydrogen (secondary N) is 1. The number of aromatic nitrogens is 1. The molecule has 2 amide bonds. The van der Waals surface area contributed by atoms with E-state index < -0.39 is 0 Å². The van der Waals surface area contributed by atoms with E-state index in [1.165, 1.54) is 0 Å². The second-order valence-electron chi connectivity index (χ2n) is 7.45. The number of para-hydroxylation sites is 2. The number of rotatable bonds is 5. The monoisotopic (exact) mass is 398 g/mol. The molecule has 0 bridgehead atoms. The fourth-order valence-electron chi connectivity index (χ4n) is 3.66. The van der Waals surface area contributed by atoms with Crippen LogP contribution >= 0.6 is 0 Å². The molecule has 0 saturated carbocycles. The Labute approximate surface area is 172 Å². The van der Waals surface area contributed by atoms with Crippen LogP contribution in [0.2, 0.25) is 0 Å². The normalized spacial score (nSPS) is 14.1. The van der Waals surface area contributed by atoms with Crippen LogP contribution in [0.15, 0.2) is 30.3 Å². The van der Waals surface area contributed by atoms with Crippen LogP contribution in [0.5, 0.6) is 11.6 Å². The van der Waals surface area contributed by atoms with Gasteiger partial charge in [0.1, 0.15) is 11.4 Å². The Balaban J connectivity index is 1.68. The number of hydrogen-bond donors (Lipinski definition) is 1. The van der Waals surface area contributed by atoms with E-state index in [0.717, 1.165) is 35.8 Å². The zero-order valence-electron chi connectivity index (χ0n) is 17.9. The first-order valence-corrected chi connectivity index (χ1v) is 9.94. The molecule has 2 aromatic rings. The average Bonchev–Trinajstić information content (AvgIpc) is 2.74. The number of methoxy groups -OCH3 is 2. The molecule has 7 nitrogen and oxygen atoms in total. The highest BCUT2D eigenvalue weighted by Crippen LogP contribution is 2.30. The fraction of sp³-hybridized carbons (Fsp3) is 0.455. The molecule has 3 rings (SSSR count). The van der Waals surface area contributed by atoms with Crippen LogP contribution in [0, 0.1) is 6.92 Å². The number of carbonyl (C=O) groups is 1. The number of pyridine rings is 1. The van der Waals surface area contributed by atoms with E-state index in [1.807, 2.05) is 42.2 Å². The molecule has 0 radical (unpaired) electrons. The zero-order valence-corrected chi connectivity index (χ0v) is 17.9. The maximum atomic E-state index is 12.9. The van der Waals surface area contributed by atoms with Crippen molar-refractivity contribution in [3.05, 3.63) is 41.6 Å². The van der Waals surface area contributed by atoms with Crippen LogP contribution in [0.25, 0.3) is 0 Å². The lowest BCUT2D eigenvalue weighted by Gasteiger charge is -2.36. The number of benzene rings is 1. The van der Waals surface area contributed by atoms with Crippen LogP contribution in [-0.4, -0.2) is 56.3 Å². The van der Waals surface area contributed by atoms with Crippen LogP contribution in [0.3, 0.4) is 0 Å². The quantitative estimate of drug-likeness (QED) is 0.828. The number of urea groups is 1. The summed E-state index contributed by atoms with van der Waals surface area (Å²) >= 11 is 0. The zero-order chi connectivity index (χ0) is 21.0. The lowest BCUT2D eigenvalue weighted by molar-refractivity contribution is 0.208. The molecule has 0 spiro atoms. The van der Waals surface area contributed by atoms with Gasteiger partial charge in [-0.2, -0.15) is 0 Å². The minimum atomic E-state index is -0.136. The smallest absolute Gasteiger partial charge is 0.322 e. The third-order valence-corrected chi connectivity index (χ3v) is 5.27. The number of amides is 2. The second-order valence-corrected chi connectivity index (χ2v) is 7.45. The van der Waals surface area contributed by atoms with Gasteiger partial charge in [0.15, 0.2) is 0 Å². The molecular weight excluding hydrogens is 368 g/mol. The van der Waals surface area contributed by atoms with Crippen molar-refractivity contribution in [3.8, 4) is 11.6 Å². The van der Waals surface area contributed by atoms with Gasteiger partial charge in [-0.05, 0) is 36.6 Å². The van der Waals surface area contributed by atoms with E-state index in [4.69, 9.17) is 9.47 Å². The minimum absolute atomic E-state index is 0.136. The van der Waals surface area contributed by atoms with Gasteiger partial charge in [-0.15, -0.1) is 0 Å². The van der Waals surface area contributed by atoms with Gasteiger partial charge in [0, 0.05) is 31.9 Å². The SMILES string of the molecule is COc1ccccc1N1CCN(C(=O)Nc2cc(C(C)C)c(C)nc2OC)CC1. The summed E-state index contributed by atoms with van der Waals surface area (Å²) < 4.78 is 10.8. The van der Waals surface area contributed by atoms with Crippen molar-refractivity contribution in [2.45, 2.75) is 26.7 Å². The summed E-state index contributed by atoms with van der Waals surface area (Å²) in [7, 11) is 3.25. The summed E-state index contributed by atoms with van der Waals surface area (Å²) in [6.07, 6.45) is 0. The first kappa shape index (κ1) is 20.8. The van der Waals surface area contributed by atoms with Gasteiger partial charge < -0.3 is 24.6 Å². The Morgan fingerprint density at radius 3 is 2.41 bits per heavy atom. The van der Waals surface area contributed by atoms with E-state index in [-0.39, 0.29) is 6.03 Å². The lowest BCUT2D eigenvalue weighted by atomic mass is 10.0. The van der Waals surface area contributed by atoms with Crippen molar-refractivity contribution in [3.63, 3.8) is 0 Å². The predicted molar refractivity (Wildman–Crippen MR) is 115 cm³/mol. The van der Waals surface area contributed by atoms with Gasteiger partial charge in [0.25, 0.3) is 0 Å². The molecule has 156 valence electrons. The van der Waals surface area contributed by atoms with E-state index in [9.17, 15) is 4.79 Å². The number of nitrogens with zero attached hydrogens (tertiary/aromatic N) is 3. The molecule has 0 unspecified atom stereocenters. The van der Waals surface area contributed by atoms with Crippen LogP contribution < -0.4 is 19.7 Å². The third kappa shape index (κ3) is 4.55. The highest BCUT2D eigenvalue weighted by Gasteiger charge is 2.24. The Hall–Kier alpha value is -2.96. The van der Waals surface area contributed by atoms with E-state index in [1.54, 1.807) is 14.2 Å². The maximum absolute atomic E-state index is 12.9. The third-order valence-electron chi connectivity index (χ3n) is 5.27. The van der Waals surface area contributed by atoms with Gasteiger partial charge in [-0.3, -0.25) is 0 Å². The molecule has 1 aliphatic heterocycles. The summed E-state index contributed by atoms with van der Waals surface area (Å²) in [6.45, 7) is 8.92. The molecule has 1 aliphatic rings. The number of carbonyl (C=O) groups excluding carboxylic acids is 1. The molecule has 1 N–H and O–H groups in total. The van der Waals surface area contributed by atoms with Crippen molar-refractivity contribution in [1.29, 1.82) is 0 Å². The molecule has 0 atom stereocenters. The molecule has 29 heavy (non-hydrogen) atoms. The van der Waals surface area contributed by atoms with Gasteiger partial charge in [-0.1, -0.05) is 26.0 Å². The van der Waals surface area contributed by atoms with E-state index >= 15 is 0 Å². The summed E-state index contributed by atoms with van der Waals surface area (Å²) in [5.41, 5.74) is 3.68. The Bertz CT molecular complexity index is 861. The van der Waals surface area contributed by atoms with Gasteiger partial charge in [0.05, 0.1) is 19.9 Å². The standard InChI is InChI=1S/C22H30N4O3/c1-15(2)17-14-18(21(29-5)23-16(17)3)24-22(27)26-12-10-25(11-13-26)19-8-6-7-9-20(19)28-4/h6-9,14-15H,10-13H2,1-5H3,(H,24,27). The molecule has 1 aromatic heterocycles. The molecule has 1 fully saturated rings. The predicted octanol–water partition coefficient (Wildman–Crippen LogP) is 3.88.